The number of carboxylic acid groups (broad SMARTS) is 1. The molecule has 0 bridgehead atoms. The minimum atomic E-state index is -0.691. The Bertz CT molecular complexity index is 283. The van der Waals surface area contributed by atoms with Gasteiger partial charge in [-0.05, 0) is 38.8 Å². The third-order valence-corrected chi connectivity index (χ3v) is 4.33. The topological polar surface area (TPSA) is 52.6 Å². The first kappa shape index (κ1) is 15.4. The van der Waals surface area contributed by atoms with Crippen molar-refractivity contribution in [1.29, 1.82) is 0 Å². The van der Waals surface area contributed by atoms with Gasteiger partial charge in [0.2, 0.25) is 0 Å². The molecule has 0 spiro atoms. The van der Waals surface area contributed by atoms with Crippen LogP contribution in [0.4, 0.5) is 0 Å². The molecule has 106 valence electrons. The Morgan fingerprint density at radius 3 is 2.72 bits per heavy atom. The summed E-state index contributed by atoms with van der Waals surface area (Å²) < 4.78 is 0. The molecule has 4 heteroatoms. The van der Waals surface area contributed by atoms with Crippen LogP contribution < -0.4 is 5.32 Å². The number of carbonyl (C=O) groups is 1. The van der Waals surface area contributed by atoms with Crippen LogP contribution in [0.15, 0.2) is 0 Å². The number of carboxylic acids is 1. The molecule has 2 N–H and O–H groups in total. The van der Waals surface area contributed by atoms with Crippen molar-refractivity contribution >= 4 is 5.97 Å². The molecule has 1 rings (SSSR count). The van der Waals surface area contributed by atoms with E-state index in [0.717, 1.165) is 25.8 Å². The van der Waals surface area contributed by atoms with Crippen molar-refractivity contribution in [3.05, 3.63) is 0 Å². The molecule has 0 aromatic carbocycles. The second-order valence-electron chi connectivity index (χ2n) is 5.77. The number of hydrogen-bond acceptors (Lipinski definition) is 3. The molecule has 1 aliphatic carbocycles. The van der Waals surface area contributed by atoms with Crippen molar-refractivity contribution < 1.29 is 9.90 Å². The van der Waals surface area contributed by atoms with Crippen LogP contribution in [0, 0.1) is 5.92 Å². The lowest BCUT2D eigenvalue weighted by atomic mass is 9.97. The van der Waals surface area contributed by atoms with Gasteiger partial charge in [0.05, 0.1) is 0 Å². The minimum absolute atomic E-state index is 0.397. The molecule has 3 unspecified atom stereocenters. The number of rotatable bonds is 7. The van der Waals surface area contributed by atoms with Gasteiger partial charge in [0.15, 0.2) is 0 Å². The number of nitrogens with one attached hydrogen (secondary N) is 1. The summed E-state index contributed by atoms with van der Waals surface area (Å²) in [5.41, 5.74) is -0.691. The number of hydrogen-bond donors (Lipinski definition) is 2. The summed E-state index contributed by atoms with van der Waals surface area (Å²) in [7, 11) is 2.13. The van der Waals surface area contributed by atoms with E-state index in [2.05, 4.69) is 31.1 Å². The summed E-state index contributed by atoms with van der Waals surface area (Å²) in [4.78, 5) is 13.8. The minimum Gasteiger partial charge on any atom is -0.480 e. The van der Waals surface area contributed by atoms with Crippen LogP contribution in [0.3, 0.4) is 0 Å². The Hall–Kier alpha value is -0.610. The average Bonchev–Trinajstić information content (AvgIpc) is 2.75. The first-order valence-electron chi connectivity index (χ1n) is 7.13. The van der Waals surface area contributed by atoms with Gasteiger partial charge in [-0.15, -0.1) is 0 Å². The summed E-state index contributed by atoms with van der Waals surface area (Å²) in [6, 6.07) is 0.397. The molecule has 4 nitrogen and oxygen atoms in total. The molecule has 1 saturated carbocycles. The van der Waals surface area contributed by atoms with Gasteiger partial charge >= 0.3 is 5.97 Å². The SMILES string of the molecule is CCNC1(C(=O)O)CCC(N(C)CC(C)CC)C1. The second-order valence-corrected chi connectivity index (χ2v) is 5.77. The third kappa shape index (κ3) is 3.45. The first-order valence-corrected chi connectivity index (χ1v) is 7.13. The van der Waals surface area contributed by atoms with Crippen molar-refractivity contribution in [2.45, 2.75) is 58.0 Å². The molecular formula is C14H28N2O2. The average molecular weight is 256 g/mol. The monoisotopic (exact) mass is 256 g/mol. The molecular weight excluding hydrogens is 228 g/mol. The lowest BCUT2D eigenvalue weighted by Gasteiger charge is -2.29. The fourth-order valence-electron chi connectivity index (χ4n) is 2.93. The van der Waals surface area contributed by atoms with E-state index in [1.807, 2.05) is 6.92 Å². The predicted molar refractivity (Wildman–Crippen MR) is 73.8 cm³/mol. The number of aliphatic carboxylic acids is 1. The zero-order valence-electron chi connectivity index (χ0n) is 12.2. The van der Waals surface area contributed by atoms with Gasteiger partial charge in [-0.3, -0.25) is 4.79 Å². The Morgan fingerprint density at radius 2 is 2.22 bits per heavy atom. The van der Waals surface area contributed by atoms with Crippen molar-refractivity contribution in [3.8, 4) is 0 Å². The van der Waals surface area contributed by atoms with Crippen molar-refractivity contribution in [2.24, 2.45) is 5.92 Å². The van der Waals surface area contributed by atoms with E-state index in [-0.39, 0.29) is 0 Å². The van der Waals surface area contributed by atoms with E-state index >= 15 is 0 Å². The van der Waals surface area contributed by atoms with Crippen molar-refractivity contribution in [2.75, 3.05) is 20.1 Å². The molecule has 1 fully saturated rings. The molecule has 0 aromatic rings. The quantitative estimate of drug-likeness (QED) is 0.731. The molecule has 0 aliphatic heterocycles. The van der Waals surface area contributed by atoms with Crippen LogP contribution in [0.5, 0.6) is 0 Å². The molecule has 18 heavy (non-hydrogen) atoms. The van der Waals surface area contributed by atoms with E-state index < -0.39 is 11.5 Å². The lowest BCUT2D eigenvalue weighted by Crippen LogP contribution is -2.51. The van der Waals surface area contributed by atoms with Gasteiger partial charge in [-0.2, -0.15) is 0 Å². The Kier molecular flexibility index (Phi) is 5.60. The van der Waals surface area contributed by atoms with Crippen LogP contribution in [-0.2, 0) is 4.79 Å². The standard InChI is InChI=1S/C14H28N2O2/c1-5-11(3)10-16(4)12-7-8-14(9-12,13(17)18)15-6-2/h11-12,15H,5-10H2,1-4H3,(H,17,18). The summed E-state index contributed by atoms with van der Waals surface area (Å²) in [5, 5.41) is 12.6. The van der Waals surface area contributed by atoms with Gasteiger partial charge in [0, 0.05) is 12.6 Å². The maximum atomic E-state index is 11.5. The van der Waals surface area contributed by atoms with Crippen LogP contribution >= 0.6 is 0 Å². The fourth-order valence-corrected chi connectivity index (χ4v) is 2.93. The summed E-state index contributed by atoms with van der Waals surface area (Å²) in [6.45, 7) is 8.20. The smallest absolute Gasteiger partial charge is 0.323 e. The Balaban J connectivity index is 2.60. The molecule has 0 aromatic heterocycles. The third-order valence-electron chi connectivity index (χ3n) is 4.33. The zero-order valence-corrected chi connectivity index (χ0v) is 12.2. The van der Waals surface area contributed by atoms with Crippen LogP contribution in [0.1, 0.15) is 46.5 Å². The van der Waals surface area contributed by atoms with E-state index in [1.165, 1.54) is 6.42 Å². The molecule has 0 heterocycles. The molecule has 0 amide bonds. The normalized spacial score (nSPS) is 29.7. The van der Waals surface area contributed by atoms with Gasteiger partial charge in [-0.25, -0.2) is 0 Å². The Morgan fingerprint density at radius 1 is 1.56 bits per heavy atom. The van der Waals surface area contributed by atoms with E-state index in [9.17, 15) is 9.90 Å². The molecule has 1 aliphatic rings. The second kappa shape index (κ2) is 6.53. The highest BCUT2D eigenvalue weighted by Crippen LogP contribution is 2.33. The van der Waals surface area contributed by atoms with E-state index in [4.69, 9.17) is 0 Å². The predicted octanol–water partition coefficient (Wildman–Crippen LogP) is 1.95. The highest BCUT2D eigenvalue weighted by atomic mass is 16.4. The van der Waals surface area contributed by atoms with Crippen LogP contribution in [0.2, 0.25) is 0 Å². The van der Waals surface area contributed by atoms with Gasteiger partial charge in [0.1, 0.15) is 5.54 Å². The zero-order chi connectivity index (χ0) is 13.8. The largest absolute Gasteiger partial charge is 0.480 e. The van der Waals surface area contributed by atoms with Gasteiger partial charge in [0.25, 0.3) is 0 Å². The van der Waals surface area contributed by atoms with Crippen molar-refractivity contribution in [1.82, 2.24) is 10.2 Å². The molecule has 0 radical (unpaired) electrons. The molecule has 0 saturated heterocycles. The first-order chi connectivity index (χ1) is 8.45. The van der Waals surface area contributed by atoms with Crippen LogP contribution in [-0.4, -0.2) is 47.7 Å². The summed E-state index contributed by atoms with van der Waals surface area (Å²) in [6.07, 6.45) is 3.62. The highest BCUT2D eigenvalue weighted by molar-refractivity contribution is 5.79. The van der Waals surface area contributed by atoms with Gasteiger partial charge in [-0.1, -0.05) is 27.2 Å². The highest BCUT2D eigenvalue weighted by Gasteiger charge is 2.45. The maximum absolute atomic E-state index is 11.5. The fraction of sp³-hybridized carbons (Fsp3) is 0.929. The Labute approximate surface area is 111 Å². The molecule has 3 atom stereocenters. The van der Waals surface area contributed by atoms with E-state index in [1.54, 1.807) is 0 Å². The lowest BCUT2D eigenvalue weighted by molar-refractivity contribution is -0.144. The summed E-state index contributed by atoms with van der Waals surface area (Å²) >= 11 is 0. The van der Waals surface area contributed by atoms with Crippen molar-refractivity contribution in [3.63, 3.8) is 0 Å². The maximum Gasteiger partial charge on any atom is 0.323 e. The van der Waals surface area contributed by atoms with Gasteiger partial charge < -0.3 is 15.3 Å². The van der Waals surface area contributed by atoms with E-state index in [0.29, 0.717) is 18.5 Å². The number of likely N-dealkylation sites (N-methyl/N-ethyl adjacent to an activating group) is 1. The van der Waals surface area contributed by atoms with Crippen LogP contribution in [0.25, 0.3) is 0 Å². The number of nitrogens with zero attached hydrogens (tertiary/aromatic N) is 1. The summed E-state index contributed by atoms with van der Waals surface area (Å²) in [5.74, 6) is -0.0160.